The topological polar surface area (TPSA) is 75.2 Å². The van der Waals surface area contributed by atoms with Crippen LogP contribution in [0, 0.1) is 6.92 Å². The molecule has 7 nitrogen and oxygen atoms in total. The summed E-state index contributed by atoms with van der Waals surface area (Å²) in [6.07, 6.45) is 1.32. The molecule has 1 unspecified atom stereocenters. The molecule has 0 aliphatic carbocycles. The molecule has 1 saturated heterocycles. The molecular formula is C24H31IN4O3. The molecule has 1 fully saturated rings. The monoisotopic (exact) mass is 550 g/mol. The summed E-state index contributed by atoms with van der Waals surface area (Å²) in [6.45, 7) is 5.53. The third kappa shape index (κ3) is 5.92. The van der Waals surface area contributed by atoms with Crippen LogP contribution in [0.1, 0.15) is 29.2 Å². The van der Waals surface area contributed by atoms with Gasteiger partial charge >= 0.3 is 0 Å². The maximum Gasteiger partial charge on any atom is 0.224 e. The van der Waals surface area contributed by atoms with Crippen LogP contribution >= 0.6 is 24.0 Å². The molecule has 0 saturated carbocycles. The van der Waals surface area contributed by atoms with E-state index >= 15 is 0 Å². The Balaban J connectivity index is 0.00000289. The number of guanidine groups is 1. The van der Waals surface area contributed by atoms with Crippen LogP contribution in [0.4, 0.5) is 5.69 Å². The molecule has 0 spiro atoms. The minimum Gasteiger partial charge on any atom is -0.492 e. The highest BCUT2D eigenvalue weighted by molar-refractivity contribution is 14.0. The maximum absolute atomic E-state index is 11.5. The Morgan fingerprint density at radius 2 is 2.12 bits per heavy atom. The summed E-state index contributed by atoms with van der Waals surface area (Å²) in [5, 5.41) is 6.30. The van der Waals surface area contributed by atoms with Crippen molar-refractivity contribution in [2.45, 2.75) is 25.9 Å². The highest BCUT2D eigenvalue weighted by Gasteiger charge is 2.25. The first-order valence-corrected chi connectivity index (χ1v) is 10.8. The number of aliphatic imine (C=N–C) groups is 1. The van der Waals surface area contributed by atoms with E-state index in [4.69, 9.17) is 9.47 Å². The van der Waals surface area contributed by atoms with Crippen molar-refractivity contribution >= 4 is 41.5 Å². The summed E-state index contributed by atoms with van der Waals surface area (Å²) in [6, 6.07) is 14.2. The average Bonchev–Trinajstić information content (AvgIpc) is 2.79. The predicted octanol–water partition coefficient (Wildman–Crippen LogP) is 3.53. The number of halogens is 1. The van der Waals surface area contributed by atoms with Gasteiger partial charge in [-0.3, -0.25) is 9.79 Å². The van der Waals surface area contributed by atoms with E-state index in [1.165, 1.54) is 11.1 Å². The van der Waals surface area contributed by atoms with Gasteiger partial charge in [0.25, 0.3) is 0 Å². The number of carbonyl (C=O) groups excluding carboxylic acids is 1. The highest BCUT2D eigenvalue weighted by atomic mass is 127. The molecule has 8 heteroatoms. The lowest BCUT2D eigenvalue weighted by Crippen LogP contribution is -2.49. The molecular weight excluding hydrogens is 519 g/mol. The van der Waals surface area contributed by atoms with E-state index in [0.29, 0.717) is 26.2 Å². The number of morpholine rings is 1. The van der Waals surface area contributed by atoms with Crippen LogP contribution in [0.25, 0.3) is 0 Å². The minimum absolute atomic E-state index is 0. The summed E-state index contributed by atoms with van der Waals surface area (Å²) in [7, 11) is 1.80. The van der Waals surface area contributed by atoms with E-state index in [1.54, 1.807) is 7.05 Å². The zero-order valence-corrected chi connectivity index (χ0v) is 20.9. The van der Waals surface area contributed by atoms with Crippen LogP contribution in [0.2, 0.25) is 0 Å². The molecule has 2 heterocycles. The quantitative estimate of drug-likeness (QED) is 0.258. The van der Waals surface area contributed by atoms with Crippen molar-refractivity contribution in [2.75, 3.05) is 45.2 Å². The molecule has 2 aliphatic rings. The fourth-order valence-corrected chi connectivity index (χ4v) is 4.09. The Morgan fingerprint density at radius 3 is 2.94 bits per heavy atom. The van der Waals surface area contributed by atoms with Gasteiger partial charge in [-0.25, -0.2) is 0 Å². The molecule has 2 aliphatic heterocycles. The van der Waals surface area contributed by atoms with Gasteiger partial charge in [0.05, 0.1) is 19.7 Å². The van der Waals surface area contributed by atoms with Crippen LogP contribution in [-0.4, -0.2) is 56.7 Å². The van der Waals surface area contributed by atoms with Crippen molar-refractivity contribution in [1.82, 2.24) is 10.2 Å². The first-order valence-electron chi connectivity index (χ1n) is 10.8. The van der Waals surface area contributed by atoms with E-state index in [9.17, 15) is 4.79 Å². The zero-order chi connectivity index (χ0) is 21.6. The largest absolute Gasteiger partial charge is 0.492 e. The SMILES string of the molecule is CN=C(NCCOc1ccc2c(c1)CCC(=O)N2)N1CCOC(c2ccccc2C)C1.I. The van der Waals surface area contributed by atoms with Crippen molar-refractivity contribution in [1.29, 1.82) is 0 Å². The van der Waals surface area contributed by atoms with Crippen molar-refractivity contribution in [2.24, 2.45) is 4.99 Å². The highest BCUT2D eigenvalue weighted by Crippen LogP contribution is 2.27. The van der Waals surface area contributed by atoms with Crippen molar-refractivity contribution in [3.05, 3.63) is 59.2 Å². The van der Waals surface area contributed by atoms with E-state index < -0.39 is 0 Å². The molecule has 2 aromatic rings. The molecule has 1 amide bonds. The summed E-state index contributed by atoms with van der Waals surface area (Å²) >= 11 is 0. The Labute approximate surface area is 206 Å². The Kier molecular flexibility index (Phi) is 8.75. The summed E-state index contributed by atoms with van der Waals surface area (Å²) in [5.74, 6) is 1.75. The van der Waals surface area contributed by atoms with Crippen LogP contribution in [0.15, 0.2) is 47.5 Å². The molecule has 2 N–H and O–H groups in total. The number of rotatable bonds is 5. The number of amides is 1. The van der Waals surface area contributed by atoms with Gasteiger partial charge in [-0.2, -0.15) is 0 Å². The normalized spacial score (nSPS) is 18.3. The van der Waals surface area contributed by atoms with Crippen molar-refractivity contribution in [3.63, 3.8) is 0 Å². The van der Waals surface area contributed by atoms with E-state index in [-0.39, 0.29) is 36.0 Å². The maximum atomic E-state index is 11.5. The van der Waals surface area contributed by atoms with E-state index in [2.05, 4.69) is 51.7 Å². The van der Waals surface area contributed by atoms with Crippen LogP contribution in [-0.2, 0) is 16.0 Å². The standard InChI is InChI=1S/C24H30N4O3.HI/c1-17-5-3-4-6-20(17)22-16-28(12-14-31-22)24(25-2)26-11-13-30-19-8-9-21-18(15-19)7-10-23(29)27-21;/h3-6,8-9,15,22H,7,10-14,16H2,1-2H3,(H,25,26)(H,27,29);1H. The second-order valence-corrected chi connectivity index (χ2v) is 7.85. The Bertz CT molecular complexity index is 966. The number of carbonyl (C=O) groups is 1. The number of nitrogens with zero attached hydrogens (tertiary/aromatic N) is 2. The first-order chi connectivity index (χ1) is 15.1. The average molecular weight is 550 g/mol. The predicted molar refractivity (Wildman–Crippen MR) is 137 cm³/mol. The molecule has 1 atom stereocenters. The molecule has 4 rings (SSSR count). The Morgan fingerprint density at radius 1 is 1.28 bits per heavy atom. The number of ether oxygens (including phenoxy) is 2. The van der Waals surface area contributed by atoms with Crippen LogP contribution in [0.5, 0.6) is 5.75 Å². The molecule has 0 radical (unpaired) electrons. The Hall–Kier alpha value is -2.33. The summed E-state index contributed by atoms with van der Waals surface area (Å²) in [4.78, 5) is 18.2. The van der Waals surface area contributed by atoms with E-state index in [0.717, 1.165) is 42.5 Å². The van der Waals surface area contributed by atoms with Crippen LogP contribution in [0.3, 0.4) is 0 Å². The number of nitrogens with one attached hydrogen (secondary N) is 2. The number of fused-ring (bicyclic) bond motifs is 1. The van der Waals surface area contributed by atoms with Gasteiger partial charge in [0.1, 0.15) is 18.5 Å². The van der Waals surface area contributed by atoms with Gasteiger partial charge in [0, 0.05) is 25.7 Å². The number of hydrogen-bond donors (Lipinski definition) is 2. The fraction of sp³-hybridized carbons (Fsp3) is 0.417. The summed E-state index contributed by atoms with van der Waals surface area (Å²) in [5.41, 5.74) is 4.49. The lowest BCUT2D eigenvalue weighted by molar-refractivity contribution is -0.116. The van der Waals surface area contributed by atoms with Crippen molar-refractivity contribution < 1.29 is 14.3 Å². The smallest absolute Gasteiger partial charge is 0.224 e. The van der Waals surface area contributed by atoms with Gasteiger partial charge < -0.3 is 25.0 Å². The number of benzene rings is 2. The second-order valence-electron chi connectivity index (χ2n) is 7.85. The molecule has 0 bridgehead atoms. The number of aryl methyl sites for hydroxylation is 2. The lowest BCUT2D eigenvalue weighted by atomic mass is 10.0. The third-order valence-electron chi connectivity index (χ3n) is 5.74. The van der Waals surface area contributed by atoms with E-state index in [1.807, 2.05) is 18.2 Å². The van der Waals surface area contributed by atoms with Gasteiger partial charge in [-0.15, -0.1) is 24.0 Å². The second kappa shape index (κ2) is 11.5. The van der Waals surface area contributed by atoms with Crippen LogP contribution < -0.4 is 15.4 Å². The zero-order valence-electron chi connectivity index (χ0n) is 18.6. The molecule has 0 aromatic heterocycles. The van der Waals surface area contributed by atoms with Gasteiger partial charge in [-0.1, -0.05) is 24.3 Å². The third-order valence-corrected chi connectivity index (χ3v) is 5.74. The number of anilines is 1. The fourth-order valence-electron chi connectivity index (χ4n) is 4.09. The minimum atomic E-state index is 0. The molecule has 32 heavy (non-hydrogen) atoms. The summed E-state index contributed by atoms with van der Waals surface area (Å²) < 4.78 is 11.9. The lowest BCUT2D eigenvalue weighted by Gasteiger charge is -2.35. The molecule has 172 valence electrons. The first kappa shape index (κ1) is 24.3. The number of hydrogen-bond acceptors (Lipinski definition) is 4. The van der Waals surface area contributed by atoms with Gasteiger partial charge in [-0.05, 0) is 48.2 Å². The van der Waals surface area contributed by atoms with Crippen molar-refractivity contribution in [3.8, 4) is 5.75 Å². The van der Waals surface area contributed by atoms with Gasteiger partial charge in [0.15, 0.2) is 5.96 Å². The van der Waals surface area contributed by atoms with Gasteiger partial charge in [0.2, 0.25) is 5.91 Å². The molecule has 2 aromatic carbocycles.